The number of carbonyl (C=O) groups excluding carboxylic acids is 2. The SMILES string of the molecule is C[C@H]1C=C2C=CC(=O)C(=O)C2=CC1. The van der Waals surface area contributed by atoms with Gasteiger partial charge in [0.25, 0.3) is 0 Å². The first-order valence-corrected chi connectivity index (χ1v) is 4.37. The number of fused-ring (bicyclic) bond motifs is 1. The number of rotatable bonds is 0. The smallest absolute Gasteiger partial charge is 0.233 e. The monoisotopic (exact) mass is 174 g/mol. The van der Waals surface area contributed by atoms with E-state index >= 15 is 0 Å². The van der Waals surface area contributed by atoms with Gasteiger partial charge in [0.15, 0.2) is 0 Å². The molecule has 0 aromatic rings. The van der Waals surface area contributed by atoms with Crippen LogP contribution >= 0.6 is 0 Å². The van der Waals surface area contributed by atoms with Crippen LogP contribution in [-0.4, -0.2) is 11.6 Å². The van der Waals surface area contributed by atoms with Crippen molar-refractivity contribution in [2.45, 2.75) is 13.3 Å². The maximum atomic E-state index is 11.4. The number of Topliss-reactive ketones (excluding diaryl/α,β-unsaturated/α-hetero) is 1. The maximum Gasteiger partial charge on any atom is 0.233 e. The van der Waals surface area contributed by atoms with Crippen LogP contribution in [0.5, 0.6) is 0 Å². The summed E-state index contributed by atoms with van der Waals surface area (Å²) in [6.45, 7) is 2.09. The maximum absolute atomic E-state index is 11.4. The van der Waals surface area contributed by atoms with Gasteiger partial charge in [-0.3, -0.25) is 9.59 Å². The normalized spacial score (nSPS) is 26.7. The Morgan fingerprint density at radius 3 is 2.85 bits per heavy atom. The molecule has 2 aliphatic rings. The van der Waals surface area contributed by atoms with Gasteiger partial charge in [-0.1, -0.05) is 25.2 Å². The fourth-order valence-corrected chi connectivity index (χ4v) is 1.63. The molecule has 0 saturated heterocycles. The lowest BCUT2D eigenvalue weighted by atomic mass is 9.85. The second-order valence-electron chi connectivity index (χ2n) is 3.48. The zero-order valence-corrected chi connectivity index (χ0v) is 7.41. The van der Waals surface area contributed by atoms with Crippen molar-refractivity contribution >= 4 is 11.6 Å². The molecule has 0 radical (unpaired) electrons. The molecule has 0 N–H and O–H groups in total. The average molecular weight is 174 g/mol. The van der Waals surface area contributed by atoms with Crippen molar-refractivity contribution in [2.75, 3.05) is 0 Å². The Hall–Kier alpha value is -1.44. The Labute approximate surface area is 76.6 Å². The average Bonchev–Trinajstić information content (AvgIpc) is 2.12. The van der Waals surface area contributed by atoms with Crippen molar-refractivity contribution in [1.82, 2.24) is 0 Å². The first-order chi connectivity index (χ1) is 6.18. The molecular weight excluding hydrogens is 164 g/mol. The molecule has 0 heterocycles. The van der Waals surface area contributed by atoms with Crippen LogP contribution < -0.4 is 0 Å². The summed E-state index contributed by atoms with van der Waals surface area (Å²) >= 11 is 0. The fourth-order valence-electron chi connectivity index (χ4n) is 1.63. The minimum atomic E-state index is -0.405. The summed E-state index contributed by atoms with van der Waals surface area (Å²) in [6, 6.07) is 0. The number of hydrogen-bond donors (Lipinski definition) is 0. The molecule has 2 aliphatic carbocycles. The van der Waals surface area contributed by atoms with Gasteiger partial charge < -0.3 is 0 Å². The zero-order chi connectivity index (χ0) is 9.42. The molecule has 0 amide bonds. The molecule has 2 nitrogen and oxygen atoms in total. The molecular formula is C11H10O2. The second kappa shape index (κ2) is 2.80. The highest BCUT2D eigenvalue weighted by Gasteiger charge is 2.25. The van der Waals surface area contributed by atoms with E-state index < -0.39 is 5.78 Å². The molecule has 66 valence electrons. The third kappa shape index (κ3) is 1.28. The van der Waals surface area contributed by atoms with Gasteiger partial charge in [0.2, 0.25) is 11.6 Å². The molecule has 0 unspecified atom stereocenters. The van der Waals surface area contributed by atoms with Crippen molar-refractivity contribution in [2.24, 2.45) is 5.92 Å². The van der Waals surface area contributed by atoms with Crippen LogP contribution in [0.3, 0.4) is 0 Å². The van der Waals surface area contributed by atoms with Gasteiger partial charge in [-0.2, -0.15) is 0 Å². The van der Waals surface area contributed by atoms with E-state index in [-0.39, 0.29) is 5.78 Å². The number of allylic oxidation sites excluding steroid dienone is 6. The summed E-state index contributed by atoms with van der Waals surface area (Å²) in [5.74, 6) is -0.303. The lowest BCUT2D eigenvalue weighted by Crippen LogP contribution is -2.20. The molecule has 0 aromatic carbocycles. The van der Waals surface area contributed by atoms with E-state index in [1.54, 1.807) is 6.08 Å². The summed E-state index contributed by atoms with van der Waals surface area (Å²) in [5.41, 5.74) is 1.49. The molecule has 0 saturated carbocycles. The van der Waals surface area contributed by atoms with Crippen LogP contribution in [0.25, 0.3) is 0 Å². The van der Waals surface area contributed by atoms with Crippen LogP contribution in [-0.2, 0) is 9.59 Å². The lowest BCUT2D eigenvalue weighted by molar-refractivity contribution is -0.131. The summed E-state index contributed by atoms with van der Waals surface area (Å²) in [6.07, 6.45) is 7.83. The van der Waals surface area contributed by atoms with Crippen molar-refractivity contribution < 1.29 is 9.59 Å². The molecule has 0 aliphatic heterocycles. The van der Waals surface area contributed by atoms with Gasteiger partial charge in [0, 0.05) is 5.57 Å². The first kappa shape index (κ1) is 8.17. The Morgan fingerprint density at radius 1 is 1.31 bits per heavy atom. The van der Waals surface area contributed by atoms with Gasteiger partial charge in [-0.05, 0) is 24.0 Å². The fraction of sp³-hybridized carbons (Fsp3) is 0.273. The lowest BCUT2D eigenvalue weighted by Gasteiger charge is -2.17. The molecule has 2 heteroatoms. The Morgan fingerprint density at radius 2 is 2.08 bits per heavy atom. The van der Waals surface area contributed by atoms with E-state index in [4.69, 9.17) is 0 Å². The van der Waals surface area contributed by atoms with Gasteiger partial charge in [0.1, 0.15) is 0 Å². The summed E-state index contributed by atoms with van der Waals surface area (Å²) in [7, 11) is 0. The molecule has 0 aromatic heterocycles. The van der Waals surface area contributed by atoms with Crippen LogP contribution in [0.2, 0.25) is 0 Å². The standard InChI is InChI=1S/C11H10O2/c1-7-2-4-9-8(6-7)3-5-10(12)11(9)13/h3-7H,2H2,1H3/t7-/m1/s1. The van der Waals surface area contributed by atoms with E-state index in [9.17, 15) is 9.59 Å². The molecule has 0 bridgehead atoms. The van der Waals surface area contributed by atoms with Crippen LogP contribution in [0, 0.1) is 5.92 Å². The highest BCUT2D eigenvalue weighted by atomic mass is 16.2. The summed E-state index contributed by atoms with van der Waals surface area (Å²) < 4.78 is 0. The van der Waals surface area contributed by atoms with E-state index in [0.717, 1.165) is 12.0 Å². The highest BCUT2D eigenvalue weighted by molar-refractivity contribution is 6.49. The molecule has 1 atom stereocenters. The highest BCUT2D eigenvalue weighted by Crippen LogP contribution is 2.26. The van der Waals surface area contributed by atoms with Crippen LogP contribution in [0.4, 0.5) is 0 Å². The minimum absolute atomic E-state index is 0.361. The van der Waals surface area contributed by atoms with E-state index in [1.807, 2.05) is 12.2 Å². The zero-order valence-electron chi connectivity index (χ0n) is 7.41. The van der Waals surface area contributed by atoms with Gasteiger partial charge in [0.05, 0.1) is 0 Å². The minimum Gasteiger partial charge on any atom is -0.286 e. The first-order valence-electron chi connectivity index (χ1n) is 4.37. The third-order valence-corrected chi connectivity index (χ3v) is 2.35. The van der Waals surface area contributed by atoms with E-state index in [1.165, 1.54) is 6.08 Å². The number of hydrogen-bond acceptors (Lipinski definition) is 2. The van der Waals surface area contributed by atoms with Gasteiger partial charge in [-0.15, -0.1) is 0 Å². The van der Waals surface area contributed by atoms with E-state index in [0.29, 0.717) is 11.5 Å². The largest absolute Gasteiger partial charge is 0.286 e. The molecule has 0 spiro atoms. The Kier molecular flexibility index (Phi) is 1.76. The van der Waals surface area contributed by atoms with Crippen molar-refractivity contribution in [1.29, 1.82) is 0 Å². The molecule has 13 heavy (non-hydrogen) atoms. The molecule has 0 fully saturated rings. The summed E-state index contributed by atoms with van der Waals surface area (Å²) in [5, 5.41) is 0. The number of ketones is 2. The van der Waals surface area contributed by atoms with Crippen molar-refractivity contribution in [3.63, 3.8) is 0 Å². The number of carbonyl (C=O) groups is 2. The predicted octanol–water partition coefficient (Wildman–Crippen LogP) is 1.59. The second-order valence-corrected chi connectivity index (χ2v) is 3.48. The van der Waals surface area contributed by atoms with Crippen LogP contribution in [0.1, 0.15) is 13.3 Å². The van der Waals surface area contributed by atoms with Gasteiger partial charge >= 0.3 is 0 Å². The Balaban J connectivity index is 2.47. The van der Waals surface area contributed by atoms with Crippen molar-refractivity contribution in [3.8, 4) is 0 Å². The van der Waals surface area contributed by atoms with Crippen molar-refractivity contribution in [3.05, 3.63) is 35.5 Å². The topological polar surface area (TPSA) is 34.1 Å². The van der Waals surface area contributed by atoms with Crippen LogP contribution in [0.15, 0.2) is 35.5 Å². The quantitative estimate of drug-likeness (QED) is 0.522. The summed E-state index contributed by atoms with van der Waals surface area (Å²) in [4.78, 5) is 22.4. The third-order valence-electron chi connectivity index (χ3n) is 2.35. The molecule has 2 rings (SSSR count). The van der Waals surface area contributed by atoms with Gasteiger partial charge in [-0.25, -0.2) is 0 Å². The predicted molar refractivity (Wildman–Crippen MR) is 49.1 cm³/mol. The Bertz CT molecular complexity index is 370. The van der Waals surface area contributed by atoms with E-state index in [2.05, 4.69) is 6.92 Å².